The zero-order chi connectivity index (χ0) is 18.9. The Hall–Kier alpha value is -2.90. The molecule has 2 aromatic carbocycles. The highest BCUT2D eigenvalue weighted by Gasteiger charge is 2.23. The quantitative estimate of drug-likeness (QED) is 0.503. The van der Waals surface area contributed by atoms with E-state index < -0.39 is 5.63 Å². The molecule has 7 heteroatoms. The molecule has 0 amide bonds. The van der Waals surface area contributed by atoms with Crippen LogP contribution >= 0.6 is 23.1 Å². The second-order valence-corrected chi connectivity index (χ2v) is 8.63. The molecule has 0 bridgehead atoms. The van der Waals surface area contributed by atoms with Crippen LogP contribution in [0.15, 0.2) is 91.4 Å². The molecular weight excluding hydrogens is 390 g/mol. The largest absolute Gasteiger partial charge is 0.427 e. The maximum atomic E-state index is 11.2. The van der Waals surface area contributed by atoms with E-state index in [-0.39, 0.29) is 0 Å². The summed E-state index contributed by atoms with van der Waals surface area (Å²) in [6.07, 6.45) is 2.23. The fourth-order valence-corrected chi connectivity index (χ4v) is 5.37. The molecule has 2 aromatic heterocycles. The van der Waals surface area contributed by atoms with Crippen molar-refractivity contribution >= 4 is 34.5 Å². The molecular formula is C21H16N3O2S2+. The average Bonchev–Trinajstić information content (AvgIpc) is 3.36. The lowest BCUT2D eigenvalue weighted by atomic mass is 10.0. The van der Waals surface area contributed by atoms with Gasteiger partial charge in [-0.2, -0.15) is 0 Å². The van der Waals surface area contributed by atoms with E-state index in [1.54, 1.807) is 16.0 Å². The third-order valence-corrected chi connectivity index (χ3v) is 7.03. The summed E-state index contributed by atoms with van der Waals surface area (Å²) in [5.41, 5.74) is 3.57. The highest BCUT2D eigenvalue weighted by Crippen LogP contribution is 2.46. The first kappa shape index (κ1) is 17.2. The fraction of sp³-hybridized carbons (Fsp3) is 0.0952. The minimum atomic E-state index is -0.412. The van der Waals surface area contributed by atoms with Crippen molar-refractivity contribution in [2.75, 3.05) is 0 Å². The first-order valence-corrected chi connectivity index (χ1v) is 10.6. The molecule has 0 aliphatic carbocycles. The molecule has 0 saturated heterocycles. The van der Waals surface area contributed by atoms with Gasteiger partial charge < -0.3 is 0 Å². The topological polar surface area (TPSA) is 62.2 Å². The van der Waals surface area contributed by atoms with Crippen LogP contribution in [0.25, 0.3) is 5.69 Å². The number of aromatic amines is 1. The summed E-state index contributed by atoms with van der Waals surface area (Å²) >= 11 is 3.67. The van der Waals surface area contributed by atoms with Crippen LogP contribution in [-0.4, -0.2) is 11.0 Å². The highest BCUT2D eigenvalue weighted by atomic mass is 32.2. The van der Waals surface area contributed by atoms with E-state index in [1.807, 2.05) is 42.1 Å². The molecule has 1 N–H and O–H groups in total. The Morgan fingerprint density at radius 2 is 1.93 bits per heavy atom. The molecule has 1 atom stereocenters. The Kier molecular flexibility index (Phi) is 4.46. The third-order valence-electron chi connectivity index (χ3n) is 4.59. The lowest BCUT2D eigenvalue weighted by Gasteiger charge is -2.13. The van der Waals surface area contributed by atoms with Gasteiger partial charge in [-0.25, -0.2) is 4.79 Å². The van der Waals surface area contributed by atoms with Crippen molar-refractivity contribution in [1.82, 2.24) is 5.27 Å². The van der Waals surface area contributed by atoms with E-state index in [1.165, 1.54) is 16.0 Å². The van der Waals surface area contributed by atoms with Crippen molar-refractivity contribution < 1.29 is 9.20 Å². The van der Waals surface area contributed by atoms with E-state index in [0.29, 0.717) is 5.25 Å². The van der Waals surface area contributed by atoms with Crippen LogP contribution in [0.2, 0.25) is 0 Å². The van der Waals surface area contributed by atoms with Gasteiger partial charge in [-0.05, 0) is 51.2 Å². The summed E-state index contributed by atoms with van der Waals surface area (Å²) in [6, 6.07) is 20.6. The Balaban J connectivity index is 1.53. The van der Waals surface area contributed by atoms with Crippen molar-refractivity contribution in [2.45, 2.75) is 16.6 Å². The minimum Gasteiger partial charge on any atom is -0.283 e. The molecule has 1 unspecified atom stereocenters. The van der Waals surface area contributed by atoms with E-state index in [4.69, 9.17) is 9.52 Å². The first-order chi connectivity index (χ1) is 13.8. The molecule has 1 aliphatic rings. The number of thioether (sulfide) groups is 1. The average molecular weight is 407 g/mol. The van der Waals surface area contributed by atoms with Crippen molar-refractivity contribution in [3.63, 3.8) is 0 Å². The normalized spacial score (nSPS) is 16.3. The van der Waals surface area contributed by atoms with E-state index in [9.17, 15) is 4.79 Å². The SMILES string of the molecule is O=c1c[n+](-c2ccc(C3=Nc4ccccc4SC(c4cccs4)C3)cc2)[nH]o1. The monoisotopic (exact) mass is 406 g/mol. The summed E-state index contributed by atoms with van der Waals surface area (Å²) in [7, 11) is 0. The Morgan fingerprint density at radius 1 is 1.07 bits per heavy atom. The van der Waals surface area contributed by atoms with Crippen LogP contribution in [0.1, 0.15) is 22.1 Å². The van der Waals surface area contributed by atoms with Gasteiger partial charge in [-0.15, -0.1) is 23.1 Å². The molecule has 1 aliphatic heterocycles. The molecule has 0 fully saturated rings. The number of aromatic nitrogens is 2. The van der Waals surface area contributed by atoms with Crippen LogP contribution in [0.3, 0.4) is 0 Å². The predicted molar refractivity (Wildman–Crippen MR) is 111 cm³/mol. The van der Waals surface area contributed by atoms with Gasteiger partial charge in [0.1, 0.15) is 0 Å². The van der Waals surface area contributed by atoms with Crippen LogP contribution in [-0.2, 0) is 0 Å². The number of thiophene rings is 1. The summed E-state index contributed by atoms with van der Waals surface area (Å²) in [6.45, 7) is 0. The van der Waals surface area contributed by atoms with Crippen LogP contribution < -0.4 is 10.3 Å². The van der Waals surface area contributed by atoms with Gasteiger partial charge in [-0.3, -0.25) is 9.52 Å². The third kappa shape index (κ3) is 3.34. The lowest BCUT2D eigenvalue weighted by molar-refractivity contribution is -0.670. The first-order valence-electron chi connectivity index (χ1n) is 8.84. The summed E-state index contributed by atoms with van der Waals surface area (Å²) in [4.78, 5) is 18.8. The van der Waals surface area contributed by atoms with Crippen molar-refractivity contribution in [3.05, 3.63) is 93.1 Å². The Bertz CT molecular complexity index is 1190. The van der Waals surface area contributed by atoms with Crippen LogP contribution in [0.5, 0.6) is 0 Å². The van der Waals surface area contributed by atoms with Gasteiger partial charge in [0, 0.05) is 39.3 Å². The minimum absolute atomic E-state index is 0.335. The standard InChI is InChI=1S/C21H15N3O2S2/c25-21-13-24(23-26-21)15-9-7-14(8-10-15)17-12-20(19-6-3-11-27-19)28-18-5-2-1-4-16(18)22-17/h1-11,13,20H,12H2/p+1. The summed E-state index contributed by atoms with van der Waals surface area (Å²) < 4.78 is 6.29. The molecule has 5 nitrogen and oxygen atoms in total. The second kappa shape index (κ2) is 7.26. The summed E-state index contributed by atoms with van der Waals surface area (Å²) in [5.74, 6) is 0. The number of rotatable bonds is 3. The highest BCUT2D eigenvalue weighted by molar-refractivity contribution is 7.99. The molecule has 4 aromatic rings. The predicted octanol–water partition coefficient (Wildman–Crippen LogP) is 4.66. The van der Waals surface area contributed by atoms with Gasteiger partial charge in [0.15, 0.2) is 0 Å². The molecule has 0 radical (unpaired) electrons. The summed E-state index contributed by atoms with van der Waals surface area (Å²) in [5, 5.41) is 5.03. The molecule has 3 heterocycles. The number of hydrogen-bond acceptors (Lipinski definition) is 5. The zero-order valence-corrected chi connectivity index (χ0v) is 16.4. The number of aliphatic imine (C=N–C) groups is 1. The Morgan fingerprint density at radius 3 is 2.68 bits per heavy atom. The number of nitrogens with zero attached hydrogens (tertiary/aromatic N) is 2. The smallest absolute Gasteiger partial charge is 0.283 e. The van der Waals surface area contributed by atoms with Crippen molar-refractivity contribution in [1.29, 1.82) is 0 Å². The number of H-pyrrole nitrogens is 1. The zero-order valence-electron chi connectivity index (χ0n) is 14.7. The van der Waals surface area contributed by atoms with Gasteiger partial charge in [0.05, 0.1) is 5.69 Å². The van der Waals surface area contributed by atoms with Crippen molar-refractivity contribution in [3.8, 4) is 5.69 Å². The van der Waals surface area contributed by atoms with Crippen LogP contribution in [0.4, 0.5) is 5.69 Å². The molecule has 28 heavy (non-hydrogen) atoms. The number of para-hydroxylation sites is 1. The van der Waals surface area contributed by atoms with E-state index in [0.717, 1.165) is 29.1 Å². The van der Waals surface area contributed by atoms with E-state index >= 15 is 0 Å². The van der Waals surface area contributed by atoms with Gasteiger partial charge in [-0.1, -0.05) is 18.2 Å². The van der Waals surface area contributed by atoms with Gasteiger partial charge in [0.2, 0.25) is 5.69 Å². The molecule has 0 saturated carbocycles. The number of fused-ring (bicyclic) bond motifs is 1. The van der Waals surface area contributed by atoms with Crippen molar-refractivity contribution in [2.24, 2.45) is 4.99 Å². The molecule has 0 spiro atoms. The molecule has 5 rings (SSSR count). The van der Waals surface area contributed by atoms with Gasteiger partial charge in [0.25, 0.3) is 6.20 Å². The Labute approximate surface area is 169 Å². The molecule has 138 valence electrons. The maximum absolute atomic E-state index is 11.2. The maximum Gasteiger partial charge on any atom is 0.427 e. The lowest BCUT2D eigenvalue weighted by Crippen LogP contribution is -2.32. The fourth-order valence-electron chi connectivity index (χ4n) is 3.22. The van der Waals surface area contributed by atoms with E-state index in [2.05, 4.69) is 41.0 Å². The number of nitrogens with one attached hydrogen (secondary N) is 1. The van der Waals surface area contributed by atoms with Gasteiger partial charge >= 0.3 is 5.63 Å². The number of hydrogen-bond donors (Lipinski definition) is 1. The number of benzene rings is 2. The van der Waals surface area contributed by atoms with Crippen LogP contribution in [0, 0.1) is 0 Å². The second-order valence-electron chi connectivity index (χ2n) is 6.41.